The van der Waals surface area contributed by atoms with E-state index in [2.05, 4.69) is 13.8 Å². The molecular weight excluding hydrogens is 472 g/mol. The van der Waals surface area contributed by atoms with Crippen LogP contribution in [0.5, 0.6) is 11.5 Å². The Balaban J connectivity index is 1.64. The lowest BCUT2D eigenvalue weighted by Gasteiger charge is -2.08. The van der Waals surface area contributed by atoms with Gasteiger partial charge in [-0.1, -0.05) is 104 Å². The van der Waals surface area contributed by atoms with Crippen LogP contribution >= 0.6 is 0 Å². The normalized spacial score (nSPS) is 10.9. The van der Waals surface area contributed by atoms with Crippen molar-refractivity contribution in [2.45, 2.75) is 117 Å². The fourth-order valence-electron chi connectivity index (χ4n) is 4.52. The summed E-state index contributed by atoms with van der Waals surface area (Å²) in [6, 6.07) is 13.8. The predicted molar refractivity (Wildman–Crippen MR) is 158 cm³/mol. The summed E-state index contributed by atoms with van der Waals surface area (Å²) in [6.07, 6.45) is 20.2. The second-order valence-electron chi connectivity index (χ2n) is 10.4. The number of unbranched alkanes of at least 4 members (excludes halogenated alkanes) is 14. The monoisotopic (exact) mass is 522 g/mol. The summed E-state index contributed by atoms with van der Waals surface area (Å²) in [4.78, 5) is 25.4. The van der Waals surface area contributed by atoms with Gasteiger partial charge in [-0.2, -0.15) is 0 Å². The van der Waals surface area contributed by atoms with Crippen molar-refractivity contribution in [1.82, 2.24) is 0 Å². The van der Waals surface area contributed by atoms with E-state index in [1.165, 1.54) is 89.9 Å². The van der Waals surface area contributed by atoms with Gasteiger partial charge >= 0.3 is 0 Å². The van der Waals surface area contributed by atoms with Crippen molar-refractivity contribution < 1.29 is 19.1 Å². The Morgan fingerprint density at radius 1 is 0.447 bits per heavy atom. The van der Waals surface area contributed by atoms with E-state index < -0.39 is 11.6 Å². The van der Waals surface area contributed by atoms with Crippen LogP contribution in [0.2, 0.25) is 0 Å². The van der Waals surface area contributed by atoms with Crippen molar-refractivity contribution in [2.24, 2.45) is 0 Å². The smallest absolute Gasteiger partial charge is 0.233 e. The molecule has 0 N–H and O–H groups in total. The SMILES string of the molecule is CCCCCCCCCCOc1ccc(C(=O)C(=O)c2ccc(OCCCCCCCCCC)cc2)cc1. The van der Waals surface area contributed by atoms with Gasteiger partial charge in [-0.05, 0) is 61.4 Å². The molecule has 0 spiro atoms. The lowest BCUT2D eigenvalue weighted by Crippen LogP contribution is -2.14. The Kier molecular flexibility index (Phi) is 16.9. The molecule has 0 aromatic heterocycles. The maximum absolute atomic E-state index is 12.7. The largest absolute Gasteiger partial charge is 0.494 e. The second kappa shape index (κ2) is 20.4. The molecule has 0 aliphatic rings. The number of hydrogen-bond donors (Lipinski definition) is 0. The number of carbonyl (C=O) groups is 2. The number of benzene rings is 2. The Bertz CT molecular complexity index is 810. The minimum atomic E-state index is -0.507. The van der Waals surface area contributed by atoms with Crippen LogP contribution in [-0.2, 0) is 0 Å². The molecule has 2 aromatic rings. The summed E-state index contributed by atoms with van der Waals surface area (Å²) in [7, 11) is 0. The highest BCUT2D eigenvalue weighted by atomic mass is 16.5. The first kappa shape index (κ1) is 31.6. The summed E-state index contributed by atoms with van der Waals surface area (Å²) < 4.78 is 11.6. The number of Topliss-reactive ketones (excluding diaryl/α,β-unsaturated/α-hetero) is 2. The summed E-state index contributed by atoms with van der Waals surface area (Å²) in [5.74, 6) is 0.448. The molecule has 2 rings (SSSR count). The van der Waals surface area contributed by atoms with E-state index in [1.54, 1.807) is 48.5 Å². The quantitative estimate of drug-likeness (QED) is 0.0828. The molecule has 0 atom stereocenters. The standard InChI is InChI=1S/C34H50O4/c1-3-5-7-9-11-13-15-17-27-37-31-23-19-29(20-24-31)33(35)34(36)30-21-25-32(26-22-30)38-28-18-16-14-12-10-8-6-4-2/h19-26H,3-18,27-28H2,1-2H3. The number of carbonyl (C=O) groups excluding carboxylic acids is 2. The Labute approximate surface area is 231 Å². The van der Waals surface area contributed by atoms with Crippen LogP contribution in [0.3, 0.4) is 0 Å². The van der Waals surface area contributed by atoms with E-state index in [0.717, 1.165) is 24.3 Å². The minimum Gasteiger partial charge on any atom is -0.494 e. The number of hydrogen-bond acceptors (Lipinski definition) is 4. The van der Waals surface area contributed by atoms with Gasteiger partial charge < -0.3 is 9.47 Å². The summed E-state index contributed by atoms with van der Waals surface area (Å²) >= 11 is 0. The first-order chi connectivity index (χ1) is 18.7. The van der Waals surface area contributed by atoms with E-state index in [4.69, 9.17) is 9.47 Å². The second-order valence-corrected chi connectivity index (χ2v) is 10.4. The van der Waals surface area contributed by atoms with Crippen molar-refractivity contribution in [3.63, 3.8) is 0 Å². The van der Waals surface area contributed by atoms with E-state index in [9.17, 15) is 9.59 Å². The third-order valence-electron chi connectivity index (χ3n) is 6.97. The predicted octanol–water partition coefficient (Wildman–Crippen LogP) is 9.79. The highest BCUT2D eigenvalue weighted by Crippen LogP contribution is 2.18. The van der Waals surface area contributed by atoms with E-state index >= 15 is 0 Å². The first-order valence-corrected chi connectivity index (χ1v) is 15.2. The van der Waals surface area contributed by atoms with Gasteiger partial charge in [0.05, 0.1) is 13.2 Å². The van der Waals surface area contributed by atoms with Gasteiger partial charge in [0.2, 0.25) is 11.6 Å². The van der Waals surface area contributed by atoms with Gasteiger partial charge in [0.25, 0.3) is 0 Å². The molecule has 0 bridgehead atoms. The molecule has 210 valence electrons. The lowest BCUT2D eigenvalue weighted by atomic mass is 10.0. The molecule has 0 aliphatic carbocycles. The maximum atomic E-state index is 12.7. The van der Waals surface area contributed by atoms with Crippen LogP contribution in [0.1, 0.15) is 137 Å². The molecular formula is C34H50O4. The molecule has 0 heterocycles. The number of ether oxygens (including phenoxy) is 2. The fourth-order valence-corrected chi connectivity index (χ4v) is 4.52. The molecule has 2 aromatic carbocycles. The molecule has 0 unspecified atom stereocenters. The maximum Gasteiger partial charge on any atom is 0.233 e. The summed E-state index contributed by atoms with van der Waals surface area (Å²) in [6.45, 7) is 5.83. The van der Waals surface area contributed by atoms with Crippen LogP contribution in [0.25, 0.3) is 0 Å². The van der Waals surface area contributed by atoms with Crippen LogP contribution in [0.4, 0.5) is 0 Å². The first-order valence-electron chi connectivity index (χ1n) is 15.2. The highest BCUT2D eigenvalue weighted by molar-refractivity contribution is 6.49. The third-order valence-corrected chi connectivity index (χ3v) is 6.97. The lowest BCUT2D eigenvalue weighted by molar-refractivity contribution is 0.0817. The molecule has 4 nitrogen and oxygen atoms in total. The van der Waals surface area contributed by atoms with E-state index in [-0.39, 0.29) is 0 Å². The molecule has 0 fully saturated rings. The zero-order chi connectivity index (χ0) is 27.3. The Hall–Kier alpha value is -2.62. The van der Waals surface area contributed by atoms with Crippen LogP contribution in [-0.4, -0.2) is 24.8 Å². The molecule has 38 heavy (non-hydrogen) atoms. The van der Waals surface area contributed by atoms with Crippen molar-refractivity contribution in [2.75, 3.05) is 13.2 Å². The molecule has 4 heteroatoms. The van der Waals surface area contributed by atoms with Gasteiger partial charge in [-0.3, -0.25) is 9.59 Å². The van der Waals surface area contributed by atoms with Crippen molar-refractivity contribution in [3.05, 3.63) is 59.7 Å². The van der Waals surface area contributed by atoms with Crippen molar-refractivity contribution in [1.29, 1.82) is 0 Å². The van der Waals surface area contributed by atoms with Crippen LogP contribution in [0, 0.1) is 0 Å². The van der Waals surface area contributed by atoms with Gasteiger partial charge in [-0.25, -0.2) is 0 Å². The van der Waals surface area contributed by atoms with Gasteiger partial charge in [0.15, 0.2) is 0 Å². The van der Waals surface area contributed by atoms with Gasteiger partial charge in [0.1, 0.15) is 11.5 Å². The minimum absolute atomic E-state index is 0.379. The third kappa shape index (κ3) is 13.3. The Morgan fingerprint density at radius 3 is 1.05 bits per heavy atom. The average molecular weight is 523 g/mol. The molecule has 0 radical (unpaired) electrons. The molecule has 0 aliphatic heterocycles. The Morgan fingerprint density at radius 2 is 0.737 bits per heavy atom. The number of ketones is 2. The van der Waals surface area contributed by atoms with E-state index in [0.29, 0.717) is 24.3 Å². The van der Waals surface area contributed by atoms with Crippen LogP contribution < -0.4 is 9.47 Å². The zero-order valence-corrected chi connectivity index (χ0v) is 24.0. The summed E-state index contributed by atoms with van der Waals surface area (Å²) in [5.41, 5.74) is 0.758. The summed E-state index contributed by atoms with van der Waals surface area (Å²) in [5, 5.41) is 0. The van der Waals surface area contributed by atoms with E-state index in [1.807, 2.05) is 0 Å². The molecule has 0 saturated heterocycles. The average Bonchev–Trinajstić information content (AvgIpc) is 2.95. The van der Waals surface area contributed by atoms with Crippen molar-refractivity contribution >= 4 is 11.6 Å². The highest BCUT2D eigenvalue weighted by Gasteiger charge is 2.18. The molecule has 0 saturated carbocycles. The number of rotatable bonds is 23. The molecule has 0 amide bonds. The fraction of sp³-hybridized carbons (Fsp3) is 0.588. The van der Waals surface area contributed by atoms with Gasteiger partial charge in [0, 0.05) is 11.1 Å². The topological polar surface area (TPSA) is 52.6 Å². The van der Waals surface area contributed by atoms with Crippen LogP contribution in [0.15, 0.2) is 48.5 Å². The van der Waals surface area contributed by atoms with Gasteiger partial charge in [-0.15, -0.1) is 0 Å². The van der Waals surface area contributed by atoms with Crippen molar-refractivity contribution in [3.8, 4) is 11.5 Å². The zero-order valence-electron chi connectivity index (χ0n) is 24.0.